The molecule has 5 nitrogen and oxygen atoms in total. The molecule has 0 saturated carbocycles. The fourth-order valence-corrected chi connectivity index (χ4v) is 1.17. The molecule has 0 atom stereocenters. The Balaban J connectivity index is 2.53. The molecule has 16 heavy (non-hydrogen) atoms. The second-order valence-electron chi connectivity index (χ2n) is 3.92. The van der Waals surface area contributed by atoms with Gasteiger partial charge >= 0.3 is 0 Å². The summed E-state index contributed by atoms with van der Waals surface area (Å²) in [6, 6.07) is 0. The maximum absolute atomic E-state index is 4.42. The van der Waals surface area contributed by atoms with Crippen LogP contribution < -0.4 is 5.32 Å². The van der Waals surface area contributed by atoms with Crippen LogP contribution in [0.15, 0.2) is 17.5 Å². The van der Waals surface area contributed by atoms with Crippen LogP contribution in [0.5, 0.6) is 0 Å². The first kappa shape index (κ1) is 12.6. The van der Waals surface area contributed by atoms with E-state index < -0.39 is 0 Å². The fraction of sp³-hybridized carbons (Fsp3) is 0.545. The van der Waals surface area contributed by atoms with E-state index in [1.165, 1.54) is 6.33 Å². The number of rotatable bonds is 4. The molecular weight excluding hydrogens is 202 g/mol. The number of aromatic nitrogens is 2. The topological polar surface area (TPSA) is 53.4 Å². The van der Waals surface area contributed by atoms with Crippen LogP contribution in [-0.2, 0) is 0 Å². The van der Waals surface area contributed by atoms with Gasteiger partial charge in [-0.1, -0.05) is 0 Å². The Bertz CT molecular complexity index is 359. The predicted octanol–water partition coefficient (Wildman–Crippen LogP) is 0.986. The molecule has 0 radical (unpaired) electrons. The second kappa shape index (κ2) is 6.17. The summed E-state index contributed by atoms with van der Waals surface area (Å²) in [5.74, 6) is 0.889. The van der Waals surface area contributed by atoms with Gasteiger partial charge < -0.3 is 10.2 Å². The van der Waals surface area contributed by atoms with Crippen molar-refractivity contribution in [1.29, 1.82) is 0 Å². The molecule has 0 unspecified atom stereocenters. The van der Waals surface area contributed by atoms with Gasteiger partial charge in [-0.3, -0.25) is 0 Å². The van der Waals surface area contributed by atoms with Crippen molar-refractivity contribution >= 4 is 11.5 Å². The van der Waals surface area contributed by atoms with E-state index in [0.29, 0.717) is 0 Å². The summed E-state index contributed by atoms with van der Waals surface area (Å²) in [7, 11) is 4.09. The van der Waals surface area contributed by atoms with Crippen molar-refractivity contribution in [3.05, 3.63) is 18.2 Å². The van der Waals surface area contributed by atoms with Gasteiger partial charge in [-0.05, 0) is 27.9 Å². The zero-order chi connectivity index (χ0) is 12.0. The molecule has 0 aliphatic rings. The number of hydrogen-bond acceptors (Lipinski definition) is 4. The van der Waals surface area contributed by atoms with Gasteiger partial charge in [-0.25, -0.2) is 15.0 Å². The van der Waals surface area contributed by atoms with Crippen LogP contribution in [-0.4, -0.2) is 47.9 Å². The Kier molecular flexibility index (Phi) is 4.85. The lowest BCUT2D eigenvalue weighted by atomic mass is 10.4. The first-order valence-corrected chi connectivity index (χ1v) is 5.30. The number of nitrogens with one attached hydrogen (secondary N) is 1. The molecule has 0 saturated heterocycles. The molecule has 0 aliphatic heterocycles. The second-order valence-corrected chi connectivity index (χ2v) is 3.92. The molecule has 88 valence electrons. The average molecular weight is 221 g/mol. The molecule has 5 heteroatoms. The standard InChI is InChI=1S/C11H19N5/c1-9-11(7-12-8-14-9)15-10(2)13-5-6-16(3)4/h7-8H,5-6H2,1-4H3,(H,13,15). The fourth-order valence-electron chi connectivity index (χ4n) is 1.17. The van der Waals surface area contributed by atoms with E-state index in [0.717, 1.165) is 30.3 Å². The molecule has 1 aromatic rings. The van der Waals surface area contributed by atoms with Crippen LogP contribution in [0.3, 0.4) is 0 Å². The van der Waals surface area contributed by atoms with Crippen LogP contribution in [0.1, 0.15) is 12.6 Å². The molecule has 1 aromatic heterocycles. The Morgan fingerprint density at radius 3 is 2.88 bits per heavy atom. The Hall–Kier alpha value is -1.49. The molecule has 0 bridgehead atoms. The number of hydrogen-bond donors (Lipinski definition) is 1. The number of amidine groups is 1. The summed E-state index contributed by atoms with van der Waals surface area (Å²) in [5, 5.41) is 3.24. The Labute approximate surface area is 96.6 Å². The van der Waals surface area contributed by atoms with Gasteiger partial charge in [0.05, 0.1) is 17.7 Å². The van der Waals surface area contributed by atoms with E-state index in [9.17, 15) is 0 Å². The van der Waals surface area contributed by atoms with Crippen LogP contribution in [0.25, 0.3) is 0 Å². The normalized spacial score (nSPS) is 11.9. The van der Waals surface area contributed by atoms with E-state index in [2.05, 4.69) is 25.2 Å². The number of likely N-dealkylation sites (N-methyl/N-ethyl adjacent to an activating group) is 1. The molecule has 0 aromatic carbocycles. The van der Waals surface area contributed by atoms with Crippen molar-refractivity contribution in [3.8, 4) is 0 Å². The van der Waals surface area contributed by atoms with E-state index in [4.69, 9.17) is 0 Å². The number of aliphatic imine (C=N–C) groups is 1. The van der Waals surface area contributed by atoms with E-state index in [1.807, 2.05) is 27.9 Å². The maximum atomic E-state index is 4.42. The van der Waals surface area contributed by atoms with Gasteiger partial charge in [0.1, 0.15) is 12.0 Å². The maximum Gasteiger partial charge on any atom is 0.115 e. The highest BCUT2D eigenvalue weighted by atomic mass is 15.1. The van der Waals surface area contributed by atoms with Crippen LogP contribution in [0.4, 0.5) is 5.69 Å². The minimum atomic E-state index is 0.817. The minimum absolute atomic E-state index is 0.817. The summed E-state index contributed by atoms with van der Waals surface area (Å²) in [6.45, 7) is 5.74. The lowest BCUT2D eigenvalue weighted by Crippen LogP contribution is -2.29. The average Bonchev–Trinajstić information content (AvgIpc) is 2.21. The van der Waals surface area contributed by atoms with Crippen LogP contribution in [0, 0.1) is 6.92 Å². The zero-order valence-electron chi connectivity index (χ0n) is 10.4. The lowest BCUT2D eigenvalue weighted by molar-refractivity contribution is 0.412. The lowest BCUT2D eigenvalue weighted by Gasteiger charge is -2.10. The highest BCUT2D eigenvalue weighted by molar-refractivity contribution is 5.82. The molecule has 0 amide bonds. The molecule has 0 spiro atoms. The third kappa shape index (κ3) is 4.35. The zero-order valence-corrected chi connectivity index (χ0v) is 10.4. The van der Waals surface area contributed by atoms with Gasteiger partial charge in [-0.2, -0.15) is 0 Å². The SMILES string of the molecule is C/C(=N\c1cncnc1C)NCCN(C)C. The third-order valence-corrected chi connectivity index (χ3v) is 2.11. The minimum Gasteiger partial charge on any atom is -0.372 e. The van der Waals surface area contributed by atoms with E-state index >= 15 is 0 Å². The molecule has 1 rings (SSSR count). The largest absolute Gasteiger partial charge is 0.372 e. The number of nitrogens with zero attached hydrogens (tertiary/aromatic N) is 4. The third-order valence-electron chi connectivity index (χ3n) is 2.11. The van der Waals surface area contributed by atoms with Crippen molar-refractivity contribution in [2.45, 2.75) is 13.8 Å². The quantitative estimate of drug-likeness (QED) is 0.608. The van der Waals surface area contributed by atoms with Gasteiger partial charge in [0.15, 0.2) is 0 Å². The first-order chi connectivity index (χ1) is 7.59. The summed E-state index contributed by atoms with van der Waals surface area (Å²) >= 11 is 0. The van der Waals surface area contributed by atoms with Crippen LogP contribution >= 0.6 is 0 Å². The summed E-state index contributed by atoms with van der Waals surface area (Å²) in [5.41, 5.74) is 1.71. The summed E-state index contributed by atoms with van der Waals surface area (Å²) in [6.07, 6.45) is 3.25. The summed E-state index contributed by atoms with van der Waals surface area (Å²) in [4.78, 5) is 14.6. The van der Waals surface area contributed by atoms with Gasteiger partial charge in [0.25, 0.3) is 0 Å². The monoisotopic (exact) mass is 221 g/mol. The van der Waals surface area contributed by atoms with E-state index in [1.54, 1.807) is 6.20 Å². The van der Waals surface area contributed by atoms with E-state index in [-0.39, 0.29) is 0 Å². The summed E-state index contributed by atoms with van der Waals surface area (Å²) < 4.78 is 0. The first-order valence-electron chi connectivity index (χ1n) is 5.30. The highest BCUT2D eigenvalue weighted by Crippen LogP contribution is 2.12. The predicted molar refractivity (Wildman–Crippen MR) is 66.1 cm³/mol. The van der Waals surface area contributed by atoms with Crippen molar-refractivity contribution in [1.82, 2.24) is 20.2 Å². The molecule has 0 fully saturated rings. The van der Waals surface area contributed by atoms with Crippen molar-refractivity contribution < 1.29 is 0 Å². The molecule has 1 heterocycles. The van der Waals surface area contributed by atoms with Gasteiger partial charge in [-0.15, -0.1) is 0 Å². The molecular formula is C11H19N5. The number of aryl methyl sites for hydroxylation is 1. The smallest absolute Gasteiger partial charge is 0.115 e. The molecule has 0 aliphatic carbocycles. The van der Waals surface area contributed by atoms with Crippen molar-refractivity contribution in [3.63, 3.8) is 0 Å². The van der Waals surface area contributed by atoms with Gasteiger partial charge in [0.2, 0.25) is 0 Å². The van der Waals surface area contributed by atoms with Crippen molar-refractivity contribution in [2.75, 3.05) is 27.2 Å². The highest BCUT2D eigenvalue weighted by Gasteiger charge is 1.97. The van der Waals surface area contributed by atoms with Crippen molar-refractivity contribution in [2.24, 2.45) is 4.99 Å². The molecule has 1 N–H and O–H groups in total. The Morgan fingerprint density at radius 2 is 2.25 bits per heavy atom. The van der Waals surface area contributed by atoms with Gasteiger partial charge in [0, 0.05) is 13.1 Å². The van der Waals surface area contributed by atoms with Crippen LogP contribution in [0.2, 0.25) is 0 Å². The Morgan fingerprint density at radius 1 is 1.50 bits per heavy atom.